The fraction of sp³-hybridized carbons (Fsp3) is 0.353. The molecular formula is C17H23N3. The Hall–Kier alpha value is -1.71. The Bertz CT molecular complexity index is 551. The Kier molecular flexibility index (Phi) is 5.27. The van der Waals surface area contributed by atoms with Crippen LogP contribution in [0.1, 0.15) is 22.5 Å². The highest BCUT2D eigenvalue weighted by molar-refractivity contribution is 5.27. The summed E-state index contributed by atoms with van der Waals surface area (Å²) in [5.74, 6) is 0. The molecule has 106 valence electrons. The molecule has 3 heteroatoms. The average molecular weight is 269 g/mol. The van der Waals surface area contributed by atoms with Crippen LogP contribution in [-0.2, 0) is 19.6 Å². The quantitative estimate of drug-likeness (QED) is 0.874. The summed E-state index contributed by atoms with van der Waals surface area (Å²) in [5, 5.41) is 3.22. The van der Waals surface area contributed by atoms with Crippen molar-refractivity contribution in [1.82, 2.24) is 15.2 Å². The van der Waals surface area contributed by atoms with E-state index in [-0.39, 0.29) is 0 Å². The van der Waals surface area contributed by atoms with Crippen LogP contribution in [0.2, 0.25) is 0 Å². The maximum absolute atomic E-state index is 4.56. The first kappa shape index (κ1) is 14.7. The Labute approximate surface area is 121 Å². The third-order valence-corrected chi connectivity index (χ3v) is 3.30. The fourth-order valence-electron chi connectivity index (χ4n) is 2.39. The third-order valence-electron chi connectivity index (χ3n) is 3.30. The van der Waals surface area contributed by atoms with Crippen LogP contribution in [0, 0.1) is 6.92 Å². The summed E-state index contributed by atoms with van der Waals surface area (Å²) >= 11 is 0. The van der Waals surface area contributed by atoms with E-state index in [1.54, 1.807) is 0 Å². The SMILES string of the molecule is CNCc1ccccc1CN(C)Cc1cccc(C)n1. The molecule has 0 aliphatic carbocycles. The molecule has 0 aliphatic heterocycles. The summed E-state index contributed by atoms with van der Waals surface area (Å²) < 4.78 is 0. The van der Waals surface area contributed by atoms with Gasteiger partial charge >= 0.3 is 0 Å². The minimum Gasteiger partial charge on any atom is -0.316 e. The maximum Gasteiger partial charge on any atom is 0.0547 e. The monoisotopic (exact) mass is 269 g/mol. The predicted octanol–water partition coefficient (Wildman–Crippen LogP) is 2.74. The van der Waals surface area contributed by atoms with Gasteiger partial charge in [0.25, 0.3) is 0 Å². The molecule has 0 saturated carbocycles. The van der Waals surface area contributed by atoms with E-state index in [2.05, 4.69) is 58.6 Å². The second kappa shape index (κ2) is 7.17. The third kappa shape index (κ3) is 4.15. The van der Waals surface area contributed by atoms with Crippen molar-refractivity contribution < 1.29 is 0 Å². The zero-order chi connectivity index (χ0) is 14.4. The van der Waals surface area contributed by atoms with Gasteiger partial charge in [0.2, 0.25) is 0 Å². The second-order valence-electron chi connectivity index (χ2n) is 5.24. The number of nitrogens with zero attached hydrogens (tertiary/aromatic N) is 2. The molecular weight excluding hydrogens is 246 g/mol. The molecule has 0 saturated heterocycles. The predicted molar refractivity (Wildman–Crippen MR) is 83.4 cm³/mol. The molecule has 0 fully saturated rings. The molecule has 1 N–H and O–H groups in total. The van der Waals surface area contributed by atoms with Crippen molar-refractivity contribution in [3.05, 3.63) is 65.0 Å². The summed E-state index contributed by atoms with van der Waals surface area (Å²) in [6.07, 6.45) is 0. The highest BCUT2D eigenvalue weighted by Gasteiger charge is 2.06. The lowest BCUT2D eigenvalue weighted by Crippen LogP contribution is -2.20. The minimum atomic E-state index is 0.871. The number of nitrogens with one attached hydrogen (secondary N) is 1. The van der Waals surface area contributed by atoms with Gasteiger partial charge in [-0.25, -0.2) is 0 Å². The van der Waals surface area contributed by atoms with Gasteiger partial charge < -0.3 is 5.32 Å². The Morgan fingerprint density at radius 3 is 2.45 bits per heavy atom. The van der Waals surface area contributed by atoms with Crippen molar-refractivity contribution in [2.24, 2.45) is 0 Å². The van der Waals surface area contributed by atoms with Gasteiger partial charge in [-0.1, -0.05) is 30.3 Å². The average Bonchev–Trinajstić information content (AvgIpc) is 2.41. The van der Waals surface area contributed by atoms with E-state index in [4.69, 9.17) is 0 Å². The van der Waals surface area contributed by atoms with Gasteiger partial charge in [0.05, 0.1) is 5.69 Å². The summed E-state index contributed by atoms with van der Waals surface area (Å²) in [7, 11) is 4.12. The van der Waals surface area contributed by atoms with Crippen LogP contribution in [0.3, 0.4) is 0 Å². The van der Waals surface area contributed by atoms with Gasteiger partial charge in [0, 0.05) is 25.3 Å². The van der Waals surface area contributed by atoms with Crippen LogP contribution < -0.4 is 5.32 Å². The molecule has 0 radical (unpaired) electrons. The number of benzene rings is 1. The Morgan fingerprint density at radius 1 is 1.00 bits per heavy atom. The molecule has 1 aromatic carbocycles. The Balaban J connectivity index is 2.02. The number of rotatable bonds is 6. The number of aryl methyl sites for hydroxylation is 1. The molecule has 3 nitrogen and oxygen atoms in total. The van der Waals surface area contributed by atoms with Crippen LogP contribution in [0.4, 0.5) is 0 Å². The van der Waals surface area contributed by atoms with E-state index in [0.717, 1.165) is 31.0 Å². The first-order valence-electron chi connectivity index (χ1n) is 7.01. The molecule has 0 aliphatic rings. The minimum absolute atomic E-state index is 0.871. The van der Waals surface area contributed by atoms with Gasteiger partial charge in [0.15, 0.2) is 0 Å². The lowest BCUT2D eigenvalue weighted by Gasteiger charge is -2.18. The van der Waals surface area contributed by atoms with E-state index in [9.17, 15) is 0 Å². The van der Waals surface area contributed by atoms with Crippen molar-refractivity contribution in [2.45, 2.75) is 26.6 Å². The molecule has 0 spiro atoms. The highest BCUT2D eigenvalue weighted by atomic mass is 15.1. The largest absolute Gasteiger partial charge is 0.316 e. The van der Waals surface area contributed by atoms with E-state index in [1.807, 2.05) is 20.0 Å². The van der Waals surface area contributed by atoms with Gasteiger partial charge in [-0.2, -0.15) is 0 Å². The topological polar surface area (TPSA) is 28.2 Å². The first-order chi connectivity index (χ1) is 9.69. The van der Waals surface area contributed by atoms with Crippen LogP contribution in [0.25, 0.3) is 0 Å². The van der Waals surface area contributed by atoms with Crippen LogP contribution in [0.5, 0.6) is 0 Å². The number of hydrogen-bond donors (Lipinski definition) is 1. The zero-order valence-electron chi connectivity index (χ0n) is 12.6. The maximum atomic E-state index is 4.56. The van der Waals surface area contributed by atoms with Gasteiger partial charge in [0.1, 0.15) is 0 Å². The standard InChI is InChI=1S/C17H23N3/c1-14-7-6-10-17(19-14)13-20(3)12-16-9-5-4-8-15(16)11-18-2/h4-10,18H,11-13H2,1-3H3. The summed E-state index contributed by atoms with van der Waals surface area (Å²) in [6, 6.07) is 14.8. The molecule has 2 rings (SSSR count). The van der Waals surface area contributed by atoms with E-state index in [0.29, 0.717) is 0 Å². The number of hydrogen-bond acceptors (Lipinski definition) is 3. The van der Waals surface area contributed by atoms with Gasteiger partial charge in [-0.05, 0) is 44.3 Å². The molecule has 1 heterocycles. The molecule has 1 aromatic heterocycles. The molecule has 2 aromatic rings. The first-order valence-corrected chi connectivity index (χ1v) is 7.01. The lowest BCUT2D eigenvalue weighted by atomic mass is 10.1. The van der Waals surface area contributed by atoms with Crippen molar-refractivity contribution in [3.8, 4) is 0 Å². The highest BCUT2D eigenvalue weighted by Crippen LogP contribution is 2.12. The normalized spacial score (nSPS) is 11.0. The van der Waals surface area contributed by atoms with E-state index >= 15 is 0 Å². The van der Waals surface area contributed by atoms with E-state index < -0.39 is 0 Å². The van der Waals surface area contributed by atoms with Crippen molar-refractivity contribution in [1.29, 1.82) is 0 Å². The molecule has 0 unspecified atom stereocenters. The molecule has 20 heavy (non-hydrogen) atoms. The molecule has 0 bridgehead atoms. The van der Waals surface area contributed by atoms with Crippen LogP contribution in [0.15, 0.2) is 42.5 Å². The zero-order valence-corrected chi connectivity index (χ0v) is 12.6. The second-order valence-corrected chi connectivity index (χ2v) is 5.24. The van der Waals surface area contributed by atoms with Crippen molar-refractivity contribution in [3.63, 3.8) is 0 Å². The fourth-order valence-corrected chi connectivity index (χ4v) is 2.39. The number of pyridine rings is 1. The summed E-state index contributed by atoms with van der Waals surface area (Å²) in [4.78, 5) is 6.86. The molecule has 0 atom stereocenters. The van der Waals surface area contributed by atoms with E-state index in [1.165, 1.54) is 11.1 Å². The molecule has 0 amide bonds. The van der Waals surface area contributed by atoms with Gasteiger partial charge in [-0.15, -0.1) is 0 Å². The lowest BCUT2D eigenvalue weighted by molar-refractivity contribution is 0.313. The van der Waals surface area contributed by atoms with Gasteiger partial charge in [-0.3, -0.25) is 9.88 Å². The smallest absolute Gasteiger partial charge is 0.0547 e. The van der Waals surface area contributed by atoms with Crippen molar-refractivity contribution >= 4 is 0 Å². The van der Waals surface area contributed by atoms with Crippen LogP contribution in [-0.4, -0.2) is 24.0 Å². The summed E-state index contributed by atoms with van der Waals surface area (Å²) in [5.41, 5.74) is 4.93. The van der Waals surface area contributed by atoms with Crippen molar-refractivity contribution in [2.75, 3.05) is 14.1 Å². The summed E-state index contributed by atoms with van der Waals surface area (Å²) in [6.45, 7) is 4.75. The van der Waals surface area contributed by atoms with Crippen LogP contribution >= 0.6 is 0 Å². The number of aromatic nitrogens is 1. The Morgan fingerprint density at radius 2 is 1.75 bits per heavy atom.